The van der Waals surface area contributed by atoms with Gasteiger partial charge in [0.05, 0.1) is 13.4 Å². The fraction of sp³-hybridized carbons (Fsp3) is 0.583. The van der Waals surface area contributed by atoms with Gasteiger partial charge >= 0.3 is 5.97 Å². The van der Waals surface area contributed by atoms with Crippen LogP contribution in [0.25, 0.3) is 0 Å². The van der Waals surface area contributed by atoms with Gasteiger partial charge in [0.1, 0.15) is 11.8 Å². The minimum atomic E-state index is -0.282. The van der Waals surface area contributed by atoms with Gasteiger partial charge in [-0.15, -0.1) is 0 Å². The van der Waals surface area contributed by atoms with Crippen molar-refractivity contribution in [2.45, 2.75) is 38.3 Å². The molecule has 1 N–H and O–H groups in total. The van der Waals surface area contributed by atoms with Crippen LogP contribution >= 0.6 is 0 Å². The Morgan fingerprint density at radius 2 is 2.50 bits per heavy atom. The molecule has 1 aliphatic rings. The summed E-state index contributed by atoms with van der Waals surface area (Å²) in [6.45, 7) is 1.82. The molecule has 1 heterocycles. The quantitative estimate of drug-likeness (QED) is 0.794. The fourth-order valence-electron chi connectivity index (χ4n) is 2.21. The molecular formula is C12H17NO3. The van der Waals surface area contributed by atoms with E-state index in [1.54, 1.807) is 6.26 Å². The van der Waals surface area contributed by atoms with Gasteiger partial charge in [-0.3, -0.25) is 10.1 Å². The Labute approximate surface area is 95.0 Å². The standard InChI is InChI=1S/C12H17NO3/c1-8(12(14)15-2)13-10-4-3-5-11-9(10)6-7-16-11/h6-8,10,13H,3-5H2,1-2H3. The van der Waals surface area contributed by atoms with Crippen molar-refractivity contribution in [2.75, 3.05) is 7.11 Å². The number of methoxy groups -OCH3 is 1. The molecule has 0 spiro atoms. The lowest BCUT2D eigenvalue weighted by Gasteiger charge is -2.25. The minimum Gasteiger partial charge on any atom is -0.469 e. The first-order valence-electron chi connectivity index (χ1n) is 5.62. The van der Waals surface area contributed by atoms with Crippen molar-refractivity contribution in [3.05, 3.63) is 23.7 Å². The van der Waals surface area contributed by atoms with Gasteiger partial charge in [0.2, 0.25) is 0 Å². The van der Waals surface area contributed by atoms with E-state index >= 15 is 0 Å². The predicted octanol–water partition coefficient (Wildman–Crippen LogP) is 1.81. The Morgan fingerprint density at radius 3 is 3.25 bits per heavy atom. The van der Waals surface area contributed by atoms with Crippen molar-refractivity contribution >= 4 is 5.97 Å². The van der Waals surface area contributed by atoms with Crippen molar-refractivity contribution < 1.29 is 13.9 Å². The number of nitrogens with one attached hydrogen (secondary N) is 1. The first kappa shape index (κ1) is 11.2. The third-order valence-corrected chi connectivity index (χ3v) is 3.06. The van der Waals surface area contributed by atoms with Crippen molar-refractivity contribution in [1.29, 1.82) is 0 Å². The first-order chi connectivity index (χ1) is 7.72. The van der Waals surface area contributed by atoms with E-state index in [-0.39, 0.29) is 18.1 Å². The van der Waals surface area contributed by atoms with Crippen LogP contribution in [0.5, 0.6) is 0 Å². The number of rotatable bonds is 3. The molecule has 2 rings (SSSR count). The second-order valence-electron chi connectivity index (χ2n) is 4.16. The number of aryl methyl sites for hydroxylation is 1. The summed E-state index contributed by atoms with van der Waals surface area (Å²) >= 11 is 0. The van der Waals surface area contributed by atoms with Crippen molar-refractivity contribution in [2.24, 2.45) is 0 Å². The Hall–Kier alpha value is -1.29. The Balaban J connectivity index is 2.05. The molecule has 0 bridgehead atoms. The second kappa shape index (κ2) is 4.70. The molecular weight excluding hydrogens is 206 g/mol. The van der Waals surface area contributed by atoms with Crippen LogP contribution in [-0.2, 0) is 16.0 Å². The second-order valence-corrected chi connectivity index (χ2v) is 4.16. The lowest BCUT2D eigenvalue weighted by Crippen LogP contribution is -2.38. The molecule has 1 aromatic heterocycles. The van der Waals surface area contributed by atoms with Crippen LogP contribution in [0, 0.1) is 0 Å². The topological polar surface area (TPSA) is 51.5 Å². The van der Waals surface area contributed by atoms with Crippen molar-refractivity contribution in [3.8, 4) is 0 Å². The largest absolute Gasteiger partial charge is 0.469 e. The molecule has 4 nitrogen and oxygen atoms in total. The van der Waals surface area contributed by atoms with Gasteiger partial charge in [-0.25, -0.2) is 0 Å². The molecule has 0 fully saturated rings. The summed E-state index contributed by atoms with van der Waals surface area (Å²) in [5.41, 5.74) is 1.18. The third kappa shape index (κ3) is 2.11. The van der Waals surface area contributed by atoms with Gasteiger partial charge in [-0.2, -0.15) is 0 Å². The molecule has 0 radical (unpaired) electrons. The number of hydrogen-bond acceptors (Lipinski definition) is 4. The predicted molar refractivity (Wildman–Crippen MR) is 59.0 cm³/mol. The van der Waals surface area contributed by atoms with Crippen LogP contribution in [0.1, 0.15) is 37.1 Å². The summed E-state index contributed by atoms with van der Waals surface area (Å²) in [7, 11) is 1.41. The SMILES string of the molecule is COC(=O)C(C)NC1CCCc2occc21. The molecule has 4 heteroatoms. The van der Waals surface area contributed by atoms with E-state index in [0.717, 1.165) is 25.0 Å². The molecule has 1 aromatic rings. The molecule has 0 aromatic carbocycles. The number of fused-ring (bicyclic) bond motifs is 1. The van der Waals surface area contributed by atoms with Gasteiger partial charge in [0.25, 0.3) is 0 Å². The summed E-state index contributed by atoms with van der Waals surface area (Å²) in [6.07, 6.45) is 4.83. The zero-order valence-corrected chi connectivity index (χ0v) is 9.66. The van der Waals surface area contributed by atoms with Crippen LogP contribution in [-0.4, -0.2) is 19.1 Å². The number of esters is 1. The smallest absolute Gasteiger partial charge is 0.322 e. The Bertz CT molecular complexity index is 372. The van der Waals surface area contributed by atoms with Crippen molar-refractivity contribution in [1.82, 2.24) is 5.32 Å². The molecule has 0 amide bonds. The molecule has 16 heavy (non-hydrogen) atoms. The third-order valence-electron chi connectivity index (χ3n) is 3.06. The zero-order valence-electron chi connectivity index (χ0n) is 9.66. The molecule has 2 unspecified atom stereocenters. The first-order valence-corrected chi connectivity index (χ1v) is 5.62. The van der Waals surface area contributed by atoms with Crippen molar-refractivity contribution in [3.63, 3.8) is 0 Å². The average molecular weight is 223 g/mol. The lowest BCUT2D eigenvalue weighted by atomic mass is 9.93. The van der Waals surface area contributed by atoms with Crippen LogP contribution in [0.3, 0.4) is 0 Å². The maximum atomic E-state index is 11.3. The van der Waals surface area contributed by atoms with Gasteiger partial charge < -0.3 is 9.15 Å². The number of furan rings is 1. The highest BCUT2D eigenvalue weighted by Gasteiger charge is 2.25. The zero-order chi connectivity index (χ0) is 11.5. The summed E-state index contributed by atoms with van der Waals surface area (Å²) in [5.74, 6) is 0.816. The summed E-state index contributed by atoms with van der Waals surface area (Å²) in [6, 6.07) is 1.91. The van der Waals surface area contributed by atoms with E-state index in [4.69, 9.17) is 9.15 Å². The highest BCUT2D eigenvalue weighted by molar-refractivity contribution is 5.75. The van der Waals surface area contributed by atoms with Gasteiger partial charge in [-0.05, 0) is 25.8 Å². The summed E-state index contributed by atoms with van der Waals surface area (Å²) in [4.78, 5) is 11.3. The average Bonchev–Trinajstić information content (AvgIpc) is 2.77. The lowest BCUT2D eigenvalue weighted by molar-refractivity contribution is -0.142. The molecule has 88 valence electrons. The van der Waals surface area contributed by atoms with E-state index in [0.29, 0.717) is 0 Å². The van der Waals surface area contributed by atoms with E-state index in [9.17, 15) is 4.79 Å². The number of carbonyl (C=O) groups excluding carboxylic acids is 1. The number of hydrogen-bond donors (Lipinski definition) is 1. The van der Waals surface area contributed by atoms with Gasteiger partial charge in [0.15, 0.2) is 0 Å². The molecule has 0 aliphatic heterocycles. The maximum absolute atomic E-state index is 11.3. The Morgan fingerprint density at radius 1 is 1.69 bits per heavy atom. The molecule has 2 atom stereocenters. The fourth-order valence-corrected chi connectivity index (χ4v) is 2.21. The van der Waals surface area contributed by atoms with Crippen LogP contribution in [0.15, 0.2) is 16.7 Å². The molecule has 0 saturated heterocycles. The highest BCUT2D eigenvalue weighted by atomic mass is 16.5. The monoisotopic (exact) mass is 223 g/mol. The Kier molecular flexibility index (Phi) is 3.29. The highest BCUT2D eigenvalue weighted by Crippen LogP contribution is 2.30. The van der Waals surface area contributed by atoms with E-state index in [1.807, 2.05) is 13.0 Å². The van der Waals surface area contributed by atoms with Crippen LogP contribution in [0.4, 0.5) is 0 Å². The van der Waals surface area contributed by atoms with E-state index in [2.05, 4.69) is 5.32 Å². The summed E-state index contributed by atoms with van der Waals surface area (Å²) < 4.78 is 10.1. The van der Waals surface area contributed by atoms with E-state index < -0.39 is 0 Å². The molecule has 0 saturated carbocycles. The number of carbonyl (C=O) groups is 1. The molecule has 1 aliphatic carbocycles. The number of ether oxygens (including phenoxy) is 1. The maximum Gasteiger partial charge on any atom is 0.322 e. The van der Waals surface area contributed by atoms with Crippen LogP contribution < -0.4 is 5.32 Å². The normalized spacial score (nSPS) is 21.2. The van der Waals surface area contributed by atoms with Gasteiger partial charge in [0, 0.05) is 18.0 Å². The van der Waals surface area contributed by atoms with Gasteiger partial charge in [-0.1, -0.05) is 0 Å². The van der Waals surface area contributed by atoms with Crippen LogP contribution in [0.2, 0.25) is 0 Å². The minimum absolute atomic E-state index is 0.205. The summed E-state index contributed by atoms with van der Waals surface area (Å²) in [5, 5.41) is 3.28. The van der Waals surface area contributed by atoms with E-state index in [1.165, 1.54) is 12.7 Å².